The van der Waals surface area contributed by atoms with Gasteiger partial charge in [0.2, 0.25) is 5.03 Å². The molecular formula is C10H13N7O2S2. The predicted molar refractivity (Wildman–Crippen MR) is 78.4 cm³/mol. The minimum atomic E-state index is -3.74. The van der Waals surface area contributed by atoms with Crippen LogP contribution in [0.15, 0.2) is 29.0 Å². The minimum absolute atomic E-state index is 0.000643. The van der Waals surface area contributed by atoms with Crippen molar-refractivity contribution in [3.63, 3.8) is 0 Å². The average Bonchev–Trinajstić information content (AvgIpc) is 3.13. The fourth-order valence-corrected chi connectivity index (χ4v) is 3.97. The van der Waals surface area contributed by atoms with Crippen LogP contribution in [-0.4, -0.2) is 34.3 Å². The lowest BCUT2D eigenvalue weighted by Crippen LogP contribution is -2.28. The maximum Gasteiger partial charge on any atom is 0.260 e. The topological polar surface area (TPSA) is 130 Å². The molecular weight excluding hydrogens is 314 g/mol. The molecule has 21 heavy (non-hydrogen) atoms. The Morgan fingerprint density at radius 2 is 2.33 bits per heavy atom. The van der Waals surface area contributed by atoms with E-state index in [1.165, 1.54) is 15.7 Å². The molecule has 0 aliphatic heterocycles. The molecule has 0 aliphatic carbocycles. The quantitative estimate of drug-likeness (QED) is 0.370. The highest BCUT2D eigenvalue weighted by molar-refractivity contribution is 7.89. The van der Waals surface area contributed by atoms with Gasteiger partial charge in [0.05, 0.1) is 0 Å². The van der Waals surface area contributed by atoms with Crippen LogP contribution in [0, 0.1) is 0 Å². The molecule has 0 atom stereocenters. The fourth-order valence-electron chi connectivity index (χ4n) is 1.92. The number of nitrogens with zero attached hydrogens (tertiary/aromatic N) is 3. The molecule has 0 saturated heterocycles. The van der Waals surface area contributed by atoms with E-state index < -0.39 is 10.0 Å². The molecule has 0 saturated carbocycles. The van der Waals surface area contributed by atoms with E-state index in [-0.39, 0.29) is 17.4 Å². The summed E-state index contributed by atoms with van der Waals surface area (Å²) in [4.78, 5) is 11.6. The van der Waals surface area contributed by atoms with Crippen LogP contribution in [0.2, 0.25) is 0 Å². The molecule has 3 aromatic rings. The number of hydrogen-bond donors (Lipinski definition) is 4. The first-order valence-electron chi connectivity index (χ1n) is 6.02. The van der Waals surface area contributed by atoms with Crippen LogP contribution in [0.25, 0.3) is 4.96 Å². The van der Waals surface area contributed by atoms with Crippen LogP contribution in [-0.2, 0) is 16.4 Å². The van der Waals surface area contributed by atoms with Gasteiger partial charge in [0.25, 0.3) is 10.0 Å². The lowest BCUT2D eigenvalue weighted by molar-refractivity contribution is 0.576. The van der Waals surface area contributed by atoms with Crippen molar-refractivity contribution in [3.8, 4) is 0 Å². The monoisotopic (exact) mass is 327 g/mol. The number of thiazole rings is 1. The molecule has 3 heterocycles. The molecule has 112 valence electrons. The molecule has 5 N–H and O–H groups in total. The number of nitrogen functional groups attached to an aromatic ring is 1. The van der Waals surface area contributed by atoms with E-state index in [2.05, 4.69) is 25.1 Å². The SMILES string of the molecule is NNc1nc2sccn2c1S(=O)(=O)NCCc1ncc[nH]1. The highest BCUT2D eigenvalue weighted by Gasteiger charge is 2.25. The first-order chi connectivity index (χ1) is 10.1. The Kier molecular flexibility index (Phi) is 3.63. The van der Waals surface area contributed by atoms with Gasteiger partial charge in [0.15, 0.2) is 10.8 Å². The Labute approximate surface area is 124 Å². The van der Waals surface area contributed by atoms with Crippen LogP contribution in [0.4, 0.5) is 5.82 Å². The highest BCUT2D eigenvalue weighted by Crippen LogP contribution is 2.24. The van der Waals surface area contributed by atoms with Gasteiger partial charge in [-0.05, 0) is 0 Å². The van der Waals surface area contributed by atoms with Crippen molar-refractivity contribution in [1.82, 2.24) is 24.1 Å². The van der Waals surface area contributed by atoms with E-state index in [0.717, 1.165) is 0 Å². The summed E-state index contributed by atoms with van der Waals surface area (Å²) in [5, 5.41) is 1.76. The van der Waals surface area contributed by atoms with E-state index >= 15 is 0 Å². The van der Waals surface area contributed by atoms with Gasteiger partial charge in [0, 0.05) is 36.9 Å². The largest absolute Gasteiger partial charge is 0.349 e. The Balaban J connectivity index is 1.84. The number of sulfonamides is 1. The van der Waals surface area contributed by atoms with Crippen molar-refractivity contribution < 1.29 is 8.42 Å². The van der Waals surface area contributed by atoms with Crippen molar-refractivity contribution in [2.24, 2.45) is 5.84 Å². The van der Waals surface area contributed by atoms with Crippen molar-refractivity contribution >= 4 is 32.1 Å². The normalized spacial score (nSPS) is 12.0. The summed E-state index contributed by atoms with van der Waals surface area (Å²) < 4.78 is 28.8. The van der Waals surface area contributed by atoms with Crippen molar-refractivity contribution in [2.45, 2.75) is 11.4 Å². The molecule has 0 aliphatic rings. The van der Waals surface area contributed by atoms with Crippen LogP contribution in [0.5, 0.6) is 0 Å². The standard InChI is InChI=1S/C10H13N7O2S2/c11-16-8-9(17-5-6-20-10(17)15-8)21(18,19)14-2-1-7-12-3-4-13-7/h3-6,14,16H,1-2,11H2,(H,12,13). The molecule has 3 rings (SSSR count). The molecule has 0 unspecified atom stereocenters. The van der Waals surface area contributed by atoms with Crippen molar-refractivity contribution in [2.75, 3.05) is 12.0 Å². The summed E-state index contributed by atoms with van der Waals surface area (Å²) in [5.41, 5.74) is 2.32. The molecule has 0 amide bonds. The number of fused-ring (bicyclic) bond motifs is 1. The van der Waals surface area contributed by atoms with Crippen LogP contribution in [0.1, 0.15) is 5.82 Å². The van der Waals surface area contributed by atoms with Gasteiger partial charge in [-0.3, -0.25) is 4.40 Å². The molecule has 0 fully saturated rings. The third kappa shape index (κ3) is 2.63. The molecule has 0 aromatic carbocycles. The second-order valence-corrected chi connectivity index (χ2v) is 6.70. The number of anilines is 1. The van der Waals surface area contributed by atoms with E-state index in [1.807, 2.05) is 0 Å². The number of H-pyrrole nitrogens is 1. The van der Waals surface area contributed by atoms with E-state index in [4.69, 9.17) is 5.84 Å². The molecule has 0 spiro atoms. The number of nitrogens with two attached hydrogens (primary N) is 1. The maximum atomic E-state index is 12.4. The van der Waals surface area contributed by atoms with E-state index in [1.54, 1.807) is 24.0 Å². The molecule has 0 radical (unpaired) electrons. The van der Waals surface area contributed by atoms with E-state index in [9.17, 15) is 8.42 Å². The summed E-state index contributed by atoms with van der Waals surface area (Å²) in [7, 11) is -3.74. The summed E-state index contributed by atoms with van der Waals surface area (Å²) >= 11 is 1.32. The zero-order valence-electron chi connectivity index (χ0n) is 10.8. The van der Waals surface area contributed by atoms with Gasteiger partial charge in [0.1, 0.15) is 5.82 Å². The van der Waals surface area contributed by atoms with Gasteiger partial charge in [-0.2, -0.15) is 4.98 Å². The van der Waals surface area contributed by atoms with Crippen molar-refractivity contribution in [3.05, 3.63) is 29.8 Å². The summed E-state index contributed by atoms with van der Waals surface area (Å²) in [6.07, 6.45) is 5.40. The third-order valence-corrected chi connectivity index (χ3v) is 5.06. The van der Waals surface area contributed by atoms with Crippen LogP contribution < -0.4 is 16.0 Å². The first-order valence-corrected chi connectivity index (χ1v) is 8.38. The van der Waals surface area contributed by atoms with E-state index in [0.29, 0.717) is 17.2 Å². The summed E-state index contributed by atoms with van der Waals surface area (Å²) in [6, 6.07) is 0. The zero-order chi connectivity index (χ0) is 14.9. The Morgan fingerprint density at radius 1 is 1.48 bits per heavy atom. The van der Waals surface area contributed by atoms with Gasteiger partial charge >= 0.3 is 0 Å². The molecule has 3 aromatic heterocycles. The van der Waals surface area contributed by atoms with Gasteiger partial charge in [-0.25, -0.2) is 24.0 Å². The molecule has 11 heteroatoms. The number of rotatable bonds is 6. The molecule has 0 bridgehead atoms. The Bertz CT molecular complexity index is 834. The Morgan fingerprint density at radius 3 is 3.05 bits per heavy atom. The third-order valence-electron chi connectivity index (χ3n) is 2.82. The van der Waals surface area contributed by atoms with Crippen LogP contribution in [0.3, 0.4) is 0 Å². The number of hydrogen-bond acceptors (Lipinski definition) is 7. The second-order valence-electron chi connectivity index (χ2n) is 4.15. The summed E-state index contributed by atoms with van der Waals surface area (Å²) in [5.74, 6) is 6.18. The fraction of sp³-hybridized carbons (Fsp3) is 0.200. The minimum Gasteiger partial charge on any atom is -0.349 e. The van der Waals surface area contributed by atoms with Gasteiger partial charge in [-0.1, -0.05) is 0 Å². The Hall–Kier alpha value is -1.95. The number of nitrogens with one attached hydrogen (secondary N) is 3. The van der Waals surface area contributed by atoms with Crippen LogP contribution >= 0.6 is 11.3 Å². The predicted octanol–water partition coefficient (Wildman–Crippen LogP) is -0.0745. The average molecular weight is 327 g/mol. The van der Waals surface area contributed by atoms with Gasteiger partial charge in [-0.15, -0.1) is 11.3 Å². The second kappa shape index (κ2) is 5.44. The smallest absolute Gasteiger partial charge is 0.260 e. The lowest BCUT2D eigenvalue weighted by atomic mass is 10.4. The zero-order valence-corrected chi connectivity index (χ0v) is 12.4. The first kappa shape index (κ1) is 14.0. The van der Waals surface area contributed by atoms with Gasteiger partial charge < -0.3 is 10.4 Å². The maximum absolute atomic E-state index is 12.4. The number of imidazole rings is 2. The number of aromatic nitrogens is 4. The highest BCUT2D eigenvalue weighted by atomic mass is 32.2. The molecule has 9 nitrogen and oxygen atoms in total. The number of aromatic amines is 1. The number of hydrazine groups is 1. The lowest BCUT2D eigenvalue weighted by Gasteiger charge is -2.06. The van der Waals surface area contributed by atoms with Crippen molar-refractivity contribution in [1.29, 1.82) is 0 Å². The summed E-state index contributed by atoms with van der Waals surface area (Å²) in [6.45, 7) is 0.219.